The van der Waals surface area contributed by atoms with Crippen molar-refractivity contribution in [3.05, 3.63) is 72.3 Å². The summed E-state index contributed by atoms with van der Waals surface area (Å²) in [6, 6.07) is 13.1. The van der Waals surface area contributed by atoms with Crippen molar-refractivity contribution < 1.29 is 14.3 Å². The van der Waals surface area contributed by atoms with Crippen LogP contribution in [0.4, 0.5) is 0 Å². The lowest BCUT2D eigenvalue weighted by molar-refractivity contribution is 0.0939. The maximum atomic E-state index is 12.5. The molecule has 0 bridgehead atoms. The minimum atomic E-state index is -0.149. The highest BCUT2D eigenvalue weighted by atomic mass is 16.7. The largest absolute Gasteiger partial charge is 0.454 e. The first-order valence-corrected chi connectivity index (χ1v) is 7.99. The molecule has 1 N–H and O–H groups in total. The van der Waals surface area contributed by atoms with Gasteiger partial charge in [0.15, 0.2) is 11.5 Å². The predicted molar refractivity (Wildman–Crippen MR) is 92.0 cm³/mol. The van der Waals surface area contributed by atoms with E-state index in [9.17, 15) is 4.79 Å². The molecule has 6 heteroatoms. The fraction of sp³-hybridized carbons (Fsp3) is 0.158. The van der Waals surface area contributed by atoms with Crippen LogP contribution in [0.25, 0.3) is 5.69 Å². The van der Waals surface area contributed by atoms with Crippen LogP contribution in [0.15, 0.2) is 61.2 Å². The first kappa shape index (κ1) is 15.3. The topological polar surface area (TPSA) is 65.4 Å². The minimum absolute atomic E-state index is 0.116. The zero-order chi connectivity index (χ0) is 17.2. The number of imidazole rings is 1. The second-order valence-electron chi connectivity index (χ2n) is 5.82. The Morgan fingerprint density at radius 3 is 2.72 bits per heavy atom. The number of ether oxygens (including phenoxy) is 2. The van der Waals surface area contributed by atoms with E-state index < -0.39 is 0 Å². The minimum Gasteiger partial charge on any atom is -0.454 e. The van der Waals surface area contributed by atoms with E-state index in [-0.39, 0.29) is 18.7 Å². The molecule has 6 nitrogen and oxygen atoms in total. The van der Waals surface area contributed by atoms with E-state index >= 15 is 0 Å². The summed E-state index contributed by atoms with van der Waals surface area (Å²) in [5.74, 6) is 1.12. The molecule has 1 aliphatic rings. The molecule has 0 fully saturated rings. The molecule has 2 heterocycles. The molecule has 1 aliphatic heterocycles. The Kier molecular flexibility index (Phi) is 3.85. The van der Waals surface area contributed by atoms with Gasteiger partial charge in [0.05, 0.1) is 12.4 Å². The first-order valence-electron chi connectivity index (χ1n) is 7.99. The van der Waals surface area contributed by atoms with Crippen LogP contribution in [0.2, 0.25) is 0 Å². The molecule has 0 saturated carbocycles. The number of hydrogen-bond acceptors (Lipinski definition) is 4. The van der Waals surface area contributed by atoms with Gasteiger partial charge < -0.3 is 19.4 Å². The molecule has 3 aromatic rings. The van der Waals surface area contributed by atoms with Gasteiger partial charge in [-0.15, -0.1) is 0 Å². The molecule has 0 aliphatic carbocycles. The third-order valence-corrected chi connectivity index (χ3v) is 4.18. The second kappa shape index (κ2) is 6.32. The van der Waals surface area contributed by atoms with E-state index in [1.165, 1.54) is 0 Å². The normalized spacial score (nSPS) is 13.5. The van der Waals surface area contributed by atoms with E-state index in [1.54, 1.807) is 30.7 Å². The van der Waals surface area contributed by atoms with Gasteiger partial charge in [0.1, 0.15) is 0 Å². The fourth-order valence-corrected chi connectivity index (χ4v) is 2.75. The van der Waals surface area contributed by atoms with Gasteiger partial charge >= 0.3 is 0 Å². The van der Waals surface area contributed by atoms with E-state index in [0.717, 1.165) is 11.3 Å². The van der Waals surface area contributed by atoms with Gasteiger partial charge in [-0.05, 0) is 42.8 Å². The zero-order valence-corrected chi connectivity index (χ0v) is 13.7. The van der Waals surface area contributed by atoms with E-state index in [2.05, 4.69) is 10.3 Å². The van der Waals surface area contributed by atoms with Gasteiger partial charge in [-0.1, -0.05) is 12.1 Å². The fourth-order valence-electron chi connectivity index (χ4n) is 2.75. The number of carbonyl (C=O) groups excluding carboxylic acids is 1. The molecule has 1 amide bonds. The van der Waals surface area contributed by atoms with Crippen molar-refractivity contribution in [3.8, 4) is 17.2 Å². The number of hydrogen-bond donors (Lipinski definition) is 1. The van der Waals surface area contributed by atoms with Crippen LogP contribution < -0.4 is 14.8 Å². The molecule has 126 valence electrons. The Morgan fingerprint density at radius 1 is 1.16 bits per heavy atom. The Labute approximate surface area is 145 Å². The quantitative estimate of drug-likeness (QED) is 0.796. The zero-order valence-electron chi connectivity index (χ0n) is 13.7. The molecule has 0 radical (unpaired) electrons. The van der Waals surface area contributed by atoms with Gasteiger partial charge in [0.2, 0.25) is 6.79 Å². The lowest BCUT2D eigenvalue weighted by Gasteiger charge is -2.15. The third kappa shape index (κ3) is 3.06. The number of carbonyl (C=O) groups is 1. The smallest absolute Gasteiger partial charge is 0.251 e. The SMILES string of the molecule is C[C@@H](NC(=O)c1ccc2c(c1)OCO2)c1ccc(-n2ccnc2)cc1. The van der Waals surface area contributed by atoms with Crippen molar-refractivity contribution in [2.75, 3.05) is 6.79 Å². The number of aromatic nitrogens is 2. The summed E-state index contributed by atoms with van der Waals surface area (Å²) < 4.78 is 12.5. The van der Waals surface area contributed by atoms with Gasteiger partial charge in [0, 0.05) is 23.6 Å². The first-order chi connectivity index (χ1) is 12.2. The standard InChI is InChI=1S/C19H17N3O3/c1-13(14-2-5-16(6-3-14)22-9-8-20-11-22)21-19(23)15-4-7-17-18(10-15)25-12-24-17/h2-11,13H,12H2,1H3,(H,21,23)/t13-/m1/s1. The number of fused-ring (bicyclic) bond motifs is 1. The van der Waals surface area contributed by atoms with E-state index in [1.807, 2.05) is 42.0 Å². The molecule has 2 aromatic carbocycles. The number of nitrogens with one attached hydrogen (secondary N) is 1. The van der Waals surface area contributed by atoms with Gasteiger partial charge in [-0.25, -0.2) is 4.98 Å². The summed E-state index contributed by atoms with van der Waals surface area (Å²) in [5.41, 5.74) is 2.60. The van der Waals surface area contributed by atoms with Crippen LogP contribution in [0.5, 0.6) is 11.5 Å². The summed E-state index contributed by atoms with van der Waals surface area (Å²) in [6.45, 7) is 2.15. The van der Waals surface area contributed by atoms with Crippen LogP contribution in [-0.4, -0.2) is 22.3 Å². The Bertz CT molecular complexity index is 889. The third-order valence-electron chi connectivity index (χ3n) is 4.18. The highest BCUT2D eigenvalue weighted by molar-refractivity contribution is 5.95. The summed E-state index contributed by atoms with van der Waals surface area (Å²) in [7, 11) is 0. The van der Waals surface area contributed by atoms with Crippen molar-refractivity contribution in [3.63, 3.8) is 0 Å². The highest BCUT2D eigenvalue weighted by Gasteiger charge is 2.17. The van der Waals surface area contributed by atoms with Crippen LogP contribution in [-0.2, 0) is 0 Å². The van der Waals surface area contributed by atoms with Crippen molar-refractivity contribution >= 4 is 5.91 Å². The summed E-state index contributed by atoms with van der Waals surface area (Å²) in [4.78, 5) is 16.5. The van der Waals surface area contributed by atoms with Crippen molar-refractivity contribution in [1.82, 2.24) is 14.9 Å². The van der Waals surface area contributed by atoms with Crippen LogP contribution in [0.1, 0.15) is 28.9 Å². The maximum Gasteiger partial charge on any atom is 0.251 e. The average Bonchev–Trinajstić information content (AvgIpc) is 3.32. The number of benzene rings is 2. The van der Waals surface area contributed by atoms with Gasteiger partial charge in [-0.2, -0.15) is 0 Å². The second-order valence-corrected chi connectivity index (χ2v) is 5.82. The van der Waals surface area contributed by atoms with Gasteiger partial charge in [0.25, 0.3) is 5.91 Å². The van der Waals surface area contributed by atoms with Crippen molar-refractivity contribution in [2.45, 2.75) is 13.0 Å². The molecule has 0 spiro atoms. The molecule has 1 aromatic heterocycles. The summed E-state index contributed by atoms with van der Waals surface area (Å²) in [6.07, 6.45) is 5.38. The summed E-state index contributed by atoms with van der Waals surface area (Å²) >= 11 is 0. The van der Waals surface area contributed by atoms with Crippen molar-refractivity contribution in [1.29, 1.82) is 0 Å². The van der Waals surface area contributed by atoms with Gasteiger partial charge in [-0.3, -0.25) is 4.79 Å². The molecule has 0 saturated heterocycles. The van der Waals surface area contributed by atoms with Crippen LogP contribution in [0, 0.1) is 0 Å². The van der Waals surface area contributed by atoms with E-state index in [4.69, 9.17) is 9.47 Å². The van der Waals surface area contributed by atoms with Crippen LogP contribution >= 0.6 is 0 Å². The molecular formula is C19H17N3O3. The summed E-state index contributed by atoms with van der Waals surface area (Å²) in [5, 5.41) is 3.00. The average molecular weight is 335 g/mol. The molecular weight excluding hydrogens is 318 g/mol. The lowest BCUT2D eigenvalue weighted by Crippen LogP contribution is -2.26. The Morgan fingerprint density at radius 2 is 1.96 bits per heavy atom. The maximum absolute atomic E-state index is 12.5. The Hall–Kier alpha value is -3.28. The highest BCUT2D eigenvalue weighted by Crippen LogP contribution is 2.32. The van der Waals surface area contributed by atoms with Crippen LogP contribution in [0.3, 0.4) is 0 Å². The molecule has 0 unspecified atom stereocenters. The number of rotatable bonds is 4. The predicted octanol–water partition coefficient (Wildman–Crippen LogP) is 3.09. The lowest BCUT2D eigenvalue weighted by atomic mass is 10.1. The number of nitrogens with zero attached hydrogens (tertiary/aromatic N) is 2. The monoisotopic (exact) mass is 335 g/mol. The van der Waals surface area contributed by atoms with Crippen molar-refractivity contribution in [2.24, 2.45) is 0 Å². The molecule has 1 atom stereocenters. The Balaban J connectivity index is 1.46. The number of amides is 1. The van der Waals surface area contributed by atoms with E-state index in [0.29, 0.717) is 17.1 Å². The molecule has 4 rings (SSSR count). The molecule has 25 heavy (non-hydrogen) atoms.